The number of carboxylic acids is 1. The Morgan fingerprint density at radius 3 is 2.28 bits per heavy atom. The van der Waals surface area contributed by atoms with Gasteiger partial charge in [-0.1, -0.05) is 38.3 Å². The second-order valence-corrected chi connectivity index (χ2v) is 8.22. The third-order valence-electron chi connectivity index (χ3n) is 6.13. The lowest BCUT2D eigenvalue weighted by molar-refractivity contribution is -0.147. The lowest BCUT2D eigenvalue weighted by atomic mass is 9.75. The van der Waals surface area contributed by atoms with Crippen molar-refractivity contribution in [2.24, 2.45) is 11.7 Å². The molecule has 0 spiro atoms. The Morgan fingerprint density at radius 1 is 1.14 bits per heavy atom. The van der Waals surface area contributed by atoms with E-state index >= 15 is 0 Å². The minimum atomic E-state index is -4.30. The summed E-state index contributed by atoms with van der Waals surface area (Å²) in [5, 5.41) is 9.68. The van der Waals surface area contributed by atoms with Crippen molar-refractivity contribution in [2.75, 3.05) is 19.6 Å². The molecule has 1 saturated heterocycles. The number of aliphatic carboxylic acids is 1. The number of halogens is 3. The molecule has 7 heteroatoms. The van der Waals surface area contributed by atoms with Crippen molar-refractivity contribution in [3.8, 4) is 0 Å². The highest BCUT2D eigenvalue weighted by atomic mass is 19.4. The zero-order valence-corrected chi connectivity index (χ0v) is 17.2. The van der Waals surface area contributed by atoms with E-state index in [9.17, 15) is 23.1 Å². The van der Waals surface area contributed by atoms with Gasteiger partial charge in [-0.25, -0.2) is 0 Å². The minimum Gasteiger partial charge on any atom is -0.480 e. The summed E-state index contributed by atoms with van der Waals surface area (Å²) in [4.78, 5) is 14.1. The highest BCUT2D eigenvalue weighted by molar-refractivity contribution is 5.79. The number of benzene rings is 1. The number of nitrogens with two attached hydrogens (primary N) is 1. The SMILES string of the molecule is CCCCCC(N)(C(=O)O)C1CCN(CCCc2ccc(C(F)(F)F)cc2)CC1. The summed E-state index contributed by atoms with van der Waals surface area (Å²) in [6.45, 7) is 4.58. The number of piperidine rings is 1. The zero-order valence-electron chi connectivity index (χ0n) is 17.2. The lowest BCUT2D eigenvalue weighted by Crippen LogP contribution is -2.57. The normalized spacial score (nSPS) is 18.5. The summed E-state index contributed by atoms with van der Waals surface area (Å²) >= 11 is 0. The Morgan fingerprint density at radius 2 is 1.76 bits per heavy atom. The van der Waals surface area contributed by atoms with Gasteiger partial charge in [-0.15, -0.1) is 0 Å². The van der Waals surface area contributed by atoms with Crippen molar-refractivity contribution < 1.29 is 23.1 Å². The van der Waals surface area contributed by atoms with Gasteiger partial charge in [0.05, 0.1) is 5.56 Å². The summed E-state index contributed by atoms with van der Waals surface area (Å²) in [7, 11) is 0. The summed E-state index contributed by atoms with van der Waals surface area (Å²) < 4.78 is 37.8. The second-order valence-electron chi connectivity index (χ2n) is 8.22. The van der Waals surface area contributed by atoms with Crippen LogP contribution in [0.4, 0.5) is 13.2 Å². The maximum atomic E-state index is 12.6. The predicted molar refractivity (Wildman–Crippen MR) is 108 cm³/mol. The van der Waals surface area contributed by atoms with Crippen molar-refractivity contribution >= 4 is 5.97 Å². The van der Waals surface area contributed by atoms with Crippen LogP contribution in [-0.4, -0.2) is 41.1 Å². The van der Waals surface area contributed by atoms with E-state index in [4.69, 9.17) is 5.73 Å². The molecule has 0 aliphatic carbocycles. The molecule has 1 unspecified atom stereocenters. The van der Waals surface area contributed by atoms with Gasteiger partial charge >= 0.3 is 12.1 Å². The van der Waals surface area contributed by atoms with E-state index < -0.39 is 23.2 Å². The molecule has 1 aliphatic rings. The highest BCUT2D eigenvalue weighted by Crippen LogP contribution is 2.32. The van der Waals surface area contributed by atoms with E-state index in [-0.39, 0.29) is 5.92 Å². The summed E-state index contributed by atoms with van der Waals surface area (Å²) in [5.41, 5.74) is 5.46. The predicted octanol–water partition coefficient (Wildman–Crippen LogP) is 4.71. The Kier molecular flexibility index (Phi) is 8.52. The number of carbonyl (C=O) groups is 1. The molecular weight excluding hydrogens is 381 g/mol. The second kappa shape index (κ2) is 10.4. The van der Waals surface area contributed by atoms with Gasteiger partial charge in [0.15, 0.2) is 0 Å². The molecule has 0 radical (unpaired) electrons. The van der Waals surface area contributed by atoms with Crippen LogP contribution in [-0.2, 0) is 17.4 Å². The van der Waals surface area contributed by atoms with Gasteiger partial charge in [-0.05, 0) is 75.4 Å². The van der Waals surface area contributed by atoms with Crippen LogP contribution in [0.5, 0.6) is 0 Å². The Balaban J connectivity index is 1.77. The third-order valence-corrected chi connectivity index (χ3v) is 6.13. The first-order valence-corrected chi connectivity index (χ1v) is 10.6. The van der Waals surface area contributed by atoms with Gasteiger partial charge < -0.3 is 15.7 Å². The van der Waals surface area contributed by atoms with Gasteiger partial charge in [0.1, 0.15) is 5.54 Å². The molecule has 1 heterocycles. The molecule has 29 heavy (non-hydrogen) atoms. The van der Waals surface area contributed by atoms with Crippen LogP contribution in [0.1, 0.15) is 63.0 Å². The van der Waals surface area contributed by atoms with E-state index in [1.54, 1.807) is 12.1 Å². The fourth-order valence-corrected chi connectivity index (χ4v) is 4.19. The Labute approximate surface area is 171 Å². The number of hydrogen-bond acceptors (Lipinski definition) is 3. The van der Waals surface area contributed by atoms with Gasteiger partial charge in [0.25, 0.3) is 0 Å². The average molecular weight is 415 g/mol. The summed E-state index contributed by atoms with van der Waals surface area (Å²) in [6, 6.07) is 5.35. The molecule has 1 atom stereocenters. The van der Waals surface area contributed by atoms with Crippen molar-refractivity contribution in [2.45, 2.75) is 70.0 Å². The third kappa shape index (κ3) is 6.71. The number of alkyl halides is 3. The number of aryl methyl sites for hydroxylation is 1. The van der Waals surface area contributed by atoms with Gasteiger partial charge in [0.2, 0.25) is 0 Å². The molecule has 1 fully saturated rings. The van der Waals surface area contributed by atoms with Crippen molar-refractivity contribution in [1.29, 1.82) is 0 Å². The maximum absolute atomic E-state index is 12.6. The van der Waals surface area contributed by atoms with E-state index in [0.29, 0.717) is 6.42 Å². The maximum Gasteiger partial charge on any atom is 0.416 e. The lowest BCUT2D eigenvalue weighted by Gasteiger charge is -2.40. The average Bonchev–Trinajstić information content (AvgIpc) is 2.68. The number of rotatable bonds is 10. The van der Waals surface area contributed by atoms with Gasteiger partial charge in [0, 0.05) is 0 Å². The molecule has 0 amide bonds. The van der Waals surface area contributed by atoms with E-state index in [1.165, 1.54) is 0 Å². The molecule has 1 aromatic rings. The Bertz CT molecular complexity index is 640. The number of unbranched alkanes of at least 4 members (excludes halogenated alkanes) is 2. The fourth-order valence-electron chi connectivity index (χ4n) is 4.19. The van der Waals surface area contributed by atoms with Crippen molar-refractivity contribution in [1.82, 2.24) is 4.90 Å². The standard InChI is InChI=1S/C22H33F3N2O2/c1-2-3-4-13-21(26,20(28)29)18-11-15-27(16-12-18)14-5-6-17-7-9-19(10-8-17)22(23,24)25/h7-10,18H,2-6,11-16,26H2,1H3,(H,28,29). The van der Waals surface area contributed by atoms with E-state index in [2.05, 4.69) is 11.8 Å². The highest BCUT2D eigenvalue weighted by Gasteiger charge is 2.42. The molecule has 3 N–H and O–H groups in total. The Hall–Kier alpha value is -1.60. The van der Waals surface area contributed by atoms with Crippen LogP contribution in [0.2, 0.25) is 0 Å². The van der Waals surface area contributed by atoms with Crippen LogP contribution < -0.4 is 5.73 Å². The molecule has 1 aromatic carbocycles. The first kappa shape index (κ1) is 23.7. The van der Waals surface area contributed by atoms with Crippen LogP contribution in [0.15, 0.2) is 24.3 Å². The first-order valence-electron chi connectivity index (χ1n) is 10.6. The number of likely N-dealkylation sites (tertiary alicyclic amines) is 1. The first-order chi connectivity index (χ1) is 13.7. The molecule has 2 rings (SSSR count). The smallest absolute Gasteiger partial charge is 0.416 e. The quantitative estimate of drug-likeness (QED) is 0.544. The number of hydrogen-bond donors (Lipinski definition) is 2. The fraction of sp³-hybridized carbons (Fsp3) is 0.682. The summed E-state index contributed by atoms with van der Waals surface area (Å²) in [5.74, 6) is -0.905. The van der Waals surface area contributed by atoms with Crippen molar-refractivity contribution in [3.63, 3.8) is 0 Å². The molecule has 0 aromatic heterocycles. The monoisotopic (exact) mass is 414 g/mol. The van der Waals surface area contributed by atoms with E-state index in [0.717, 1.165) is 82.3 Å². The van der Waals surface area contributed by atoms with Crippen LogP contribution in [0, 0.1) is 5.92 Å². The molecular formula is C22H33F3N2O2. The number of carboxylic acid groups (broad SMARTS) is 1. The minimum absolute atomic E-state index is 0.0111. The molecule has 1 aliphatic heterocycles. The zero-order chi connectivity index (χ0) is 21.5. The molecule has 0 saturated carbocycles. The number of nitrogens with zero attached hydrogens (tertiary/aromatic N) is 1. The van der Waals surface area contributed by atoms with E-state index in [1.807, 2.05) is 0 Å². The van der Waals surface area contributed by atoms with Crippen LogP contribution in [0.25, 0.3) is 0 Å². The summed E-state index contributed by atoms with van der Waals surface area (Å²) in [6.07, 6.45) is 2.23. The largest absolute Gasteiger partial charge is 0.480 e. The molecule has 164 valence electrons. The molecule has 4 nitrogen and oxygen atoms in total. The topological polar surface area (TPSA) is 66.6 Å². The van der Waals surface area contributed by atoms with Gasteiger partial charge in [-0.3, -0.25) is 4.79 Å². The van der Waals surface area contributed by atoms with Crippen LogP contribution >= 0.6 is 0 Å². The van der Waals surface area contributed by atoms with Gasteiger partial charge in [-0.2, -0.15) is 13.2 Å². The van der Waals surface area contributed by atoms with Crippen LogP contribution in [0.3, 0.4) is 0 Å². The molecule has 0 bridgehead atoms. The van der Waals surface area contributed by atoms with Crippen molar-refractivity contribution in [3.05, 3.63) is 35.4 Å².